The van der Waals surface area contributed by atoms with Crippen molar-refractivity contribution in [2.75, 3.05) is 0 Å². The van der Waals surface area contributed by atoms with Gasteiger partial charge in [-0.1, -0.05) is 12.1 Å². The molecule has 3 nitrogen and oxygen atoms in total. The molecule has 1 aromatic heterocycles. The third-order valence-corrected chi connectivity index (χ3v) is 3.98. The lowest BCUT2D eigenvalue weighted by Gasteiger charge is -2.24. The molecule has 3 N–H and O–H groups in total. The molecule has 2 atom stereocenters. The molecule has 110 valence electrons. The molecule has 2 unspecified atom stereocenters. The molecule has 1 aromatic carbocycles. The van der Waals surface area contributed by atoms with Crippen LogP contribution in [0.1, 0.15) is 35.2 Å². The number of hydrogen-bond donors (Lipinski definition) is 2. The van der Waals surface area contributed by atoms with Gasteiger partial charge in [-0.25, -0.2) is 13.2 Å². The molecule has 3 rings (SSSR count). The van der Waals surface area contributed by atoms with Gasteiger partial charge >= 0.3 is 0 Å². The molecule has 6 heteroatoms. The van der Waals surface area contributed by atoms with E-state index in [4.69, 9.17) is 5.84 Å². The van der Waals surface area contributed by atoms with Crippen LogP contribution < -0.4 is 11.3 Å². The molecular weight excluding hydrogens is 279 g/mol. The first-order valence-corrected chi connectivity index (χ1v) is 6.66. The Hall–Kier alpha value is -1.92. The van der Waals surface area contributed by atoms with Crippen molar-refractivity contribution in [1.82, 2.24) is 10.4 Å². The van der Waals surface area contributed by atoms with Crippen molar-refractivity contribution in [3.63, 3.8) is 0 Å². The van der Waals surface area contributed by atoms with Crippen LogP contribution in [0, 0.1) is 17.5 Å². The Balaban J connectivity index is 2.03. The maximum atomic E-state index is 14.0. The molecule has 1 heterocycles. The maximum Gasteiger partial charge on any atom is 0.194 e. The molecule has 0 aliphatic heterocycles. The fourth-order valence-electron chi connectivity index (χ4n) is 2.97. The van der Waals surface area contributed by atoms with Crippen molar-refractivity contribution >= 4 is 0 Å². The zero-order valence-electron chi connectivity index (χ0n) is 11.1. The van der Waals surface area contributed by atoms with Gasteiger partial charge in [-0.05, 0) is 30.5 Å². The highest BCUT2D eigenvalue weighted by Crippen LogP contribution is 2.41. The first kappa shape index (κ1) is 14.0. The number of aryl methyl sites for hydroxylation is 1. The summed E-state index contributed by atoms with van der Waals surface area (Å²) in [7, 11) is 0. The summed E-state index contributed by atoms with van der Waals surface area (Å²) in [6, 6.07) is 5.27. The topological polar surface area (TPSA) is 50.9 Å². The monoisotopic (exact) mass is 293 g/mol. The van der Waals surface area contributed by atoms with E-state index in [0.717, 1.165) is 30.2 Å². The normalized spacial score (nSPS) is 18.6. The van der Waals surface area contributed by atoms with Crippen LogP contribution in [-0.2, 0) is 6.42 Å². The van der Waals surface area contributed by atoms with Gasteiger partial charge in [-0.15, -0.1) is 0 Å². The summed E-state index contributed by atoms with van der Waals surface area (Å²) < 4.78 is 40.5. The molecule has 21 heavy (non-hydrogen) atoms. The quantitative estimate of drug-likeness (QED) is 0.520. The molecule has 1 aliphatic rings. The minimum Gasteiger partial charge on any atom is -0.271 e. The smallest absolute Gasteiger partial charge is 0.194 e. The zero-order chi connectivity index (χ0) is 15.0. The second kappa shape index (κ2) is 5.46. The highest BCUT2D eigenvalue weighted by Gasteiger charge is 2.33. The van der Waals surface area contributed by atoms with Crippen LogP contribution in [0.25, 0.3) is 0 Å². The zero-order valence-corrected chi connectivity index (χ0v) is 11.1. The number of nitrogens with zero attached hydrogens (tertiary/aromatic N) is 1. The Kier molecular flexibility index (Phi) is 3.65. The van der Waals surface area contributed by atoms with E-state index in [2.05, 4.69) is 10.4 Å². The van der Waals surface area contributed by atoms with Crippen LogP contribution >= 0.6 is 0 Å². The van der Waals surface area contributed by atoms with Gasteiger partial charge in [0.2, 0.25) is 0 Å². The van der Waals surface area contributed by atoms with Gasteiger partial charge in [0, 0.05) is 23.4 Å². The summed E-state index contributed by atoms with van der Waals surface area (Å²) in [5.41, 5.74) is 4.43. The molecule has 0 radical (unpaired) electrons. The minimum absolute atomic E-state index is 0.0138. The SMILES string of the molecule is NNC(c1ccc(F)c(F)c1F)C1CCc2cccnc21. The van der Waals surface area contributed by atoms with Gasteiger partial charge in [0.05, 0.1) is 6.04 Å². The predicted molar refractivity (Wildman–Crippen MR) is 71.7 cm³/mol. The summed E-state index contributed by atoms with van der Waals surface area (Å²) >= 11 is 0. The van der Waals surface area contributed by atoms with Gasteiger partial charge < -0.3 is 0 Å². The Morgan fingerprint density at radius 2 is 2.00 bits per heavy atom. The van der Waals surface area contributed by atoms with E-state index >= 15 is 0 Å². The van der Waals surface area contributed by atoms with Crippen molar-refractivity contribution in [1.29, 1.82) is 0 Å². The van der Waals surface area contributed by atoms with Crippen LogP contribution in [0.3, 0.4) is 0 Å². The van der Waals surface area contributed by atoms with E-state index in [0.29, 0.717) is 0 Å². The van der Waals surface area contributed by atoms with Crippen LogP contribution in [-0.4, -0.2) is 4.98 Å². The lowest BCUT2D eigenvalue weighted by molar-refractivity contribution is 0.398. The third-order valence-electron chi connectivity index (χ3n) is 3.98. The minimum atomic E-state index is -1.48. The van der Waals surface area contributed by atoms with Gasteiger partial charge in [0.15, 0.2) is 17.5 Å². The van der Waals surface area contributed by atoms with E-state index in [1.54, 1.807) is 6.20 Å². The molecule has 0 bridgehead atoms. The average Bonchev–Trinajstić information content (AvgIpc) is 2.92. The lowest BCUT2D eigenvalue weighted by Crippen LogP contribution is -2.33. The standard InChI is InChI=1S/C15H14F3N3/c16-11-6-5-9(12(17)13(11)18)15(21-19)10-4-3-8-2-1-7-20-14(8)10/h1-2,5-7,10,15,21H,3-4,19H2. The lowest BCUT2D eigenvalue weighted by atomic mass is 9.90. The maximum absolute atomic E-state index is 14.0. The molecule has 0 fully saturated rings. The number of halogens is 3. The van der Waals surface area contributed by atoms with Gasteiger partial charge in [0.25, 0.3) is 0 Å². The Bertz CT molecular complexity index is 675. The molecular formula is C15H14F3N3. The number of hydrazine groups is 1. The summed E-state index contributed by atoms with van der Waals surface area (Å²) in [5, 5.41) is 0. The van der Waals surface area contributed by atoms with Crippen LogP contribution in [0.5, 0.6) is 0 Å². The van der Waals surface area contributed by atoms with Crippen molar-refractivity contribution < 1.29 is 13.2 Å². The van der Waals surface area contributed by atoms with Crippen molar-refractivity contribution in [3.05, 3.63) is 64.7 Å². The van der Waals surface area contributed by atoms with Crippen molar-refractivity contribution in [2.24, 2.45) is 5.84 Å². The number of pyridine rings is 1. The van der Waals surface area contributed by atoms with Crippen LogP contribution in [0.15, 0.2) is 30.5 Å². The van der Waals surface area contributed by atoms with E-state index < -0.39 is 23.5 Å². The number of benzene rings is 1. The first-order valence-electron chi connectivity index (χ1n) is 6.66. The van der Waals surface area contributed by atoms with E-state index in [9.17, 15) is 13.2 Å². The number of nitrogens with two attached hydrogens (primary N) is 1. The van der Waals surface area contributed by atoms with Gasteiger partial charge in [-0.3, -0.25) is 16.3 Å². The fraction of sp³-hybridized carbons (Fsp3) is 0.267. The Morgan fingerprint density at radius 1 is 1.19 bits per heavy atom. The number of fused-ring (bicyclic) bond motifs is 1. The highest BCUT2D eigenvalue weighted by molar-refractivity contribution is 5.34. The highest BCUT2D eigenvalue weighted by atomic mass is 19.2. The van der Waals surface area contributed by atoms with Crippen molar-refractivity contribution in [3.8, 4) is 0 Å². The Morgan fingerprint density at radius 3 is 2.76 bits per heavy atom. The van der Waals surface area contributed by atoms with Crippen LogP contribution in [0.2, 0.25) is 0 Å². The van der Waals surface area contributed by atoms with E-state index in [-0.39, 0.29) is 11.5 Å². The van der Waals surface area contributed by atoms with Crippen LogP contribution in [0.4, 0.5) is 13.2 Å². The third kappa shape index (κ3) is 2.30. The van der Waals surface area contributed by atoms with Crippen molar-refractivity contribution in [2.45, 2.75) is 24.8 Å². The molecule has 0 saturated carbocycles. The molecule has 0 spiro atoms. The summed E-state index contributed by atoms with van der Waals surface area (Å²) in [6.07, 6.45) is 3.18. The molecule has 1 aliphatic carbocycles. The summed E-state index contributed by atoms with van der Waals surface area (Å²) in [6.45, 7) is 0. The average molecular weight is 293 g/mol. The Labute approximate surface area is 120 Å². The van der Waals surface area contributed by atoms with E-state index in [1.807, 2.05) is 12.1 Å². The molecule has 2 aromatic rings. The number of nitrogens with one attached hydrogen (secondary N) is 1. The molecule has 0 amide bonds. The fourth-order valence-corrected chi connectivity index (χ4v) is 2.97. The van der Waals surface area contributed by atoms with E-state index in [1.165, 1.54) is 6.07 Å². The first-order chi connectivity index (χ1) is 10.1. The van der Waals surface area contributed by atoms with Gasteiger partial charge in [-0.2, -0.15) is 0 Å². The second-order valence-electron chi connectivity index (χ2n) is 5.10. The number of rotatable bonds is 3. The number of aromatic nitrogens is 1. The summed E-state index contributed by atoms with van der Waals surface area (Å²) in [4.78, 5) is 4.32. The summed E-state index contributed by atoms with van der Waals surface area (Å²) in [5.74, 6) is 1.47. The van der Waals surface area contributed by atoms with Gasteiger partial charge in [0.1, 0.15) is 0 Å². The number of hydrogen-bond acceptors (Lipinski definition) is 3. The second-order valence-corrected chi connectivity index (χ2v) is 5.10. The largest absolute Gasteiger partial charge is 0.271 e. The predicted octanol–water partition coefficient (Wildman–Crippen LogP) is 2.73. The molecule has 0 saturated heterocycles.